The Bertz CT molecular complexity index is 1460. The number of nitrogens with zero attached hydrogens (tertiary/aromatic N) is 3. The largest absolute Gasteiger partial charge is 0.360 e. The van der Waals surface area contributed by atoms with Crippen LogP contribution in [0.25, 0.3) is 22.4 Å². The Labute approximate surface area is 208 Å². The monoisotopic (exact) mass is 482 g/mol. The van der Waals surface area contributed by atoms with Crippen LogP contribution in [0.5, 0.6) is 0 Å². The van der Waals surface area contributed by atoms with Crippen molar-refractivity contribution in [2.45, 2.75) is 20.0 Å². The van der Waals surface area contributed by atoms with E-state index in [1.165, 1.54) is 5.56 Å². The molecule has 5 rings (SSSR count). The number of carbonyl (C=O) groups excluding carboxylic acids is 1. The zero-order valence-corrected chi connectivity index (χ0v) is 19.9. The summed E-state index contributed by atoms with van der Waals surface area (Å²) in [6, 6.07) is 23.7. The van der Waals surface area contributed by atoms with Gasteiger partial charge in [-0.25, -0.2) is 4.98 Å². The van der Waals surface area contributed by atoms with Gasteiger partial charge in [-0.2, -0.15) is 0 Å². The normalized spacial score (nSPS) is 10.9. The number of imidazole rings is 1. The van der Waals surface area contributed by atoms with Crippen molar-refractivity contribution in [3.63, 3.8) is 0 Å². The van der Waals surface area contributed by atoms with Gasteiger partial charge in [0.05, 0.1) is 6.33 Å². The first-order chi connectivity index (χ1) is 17.1. The highest BCUT2D eigenvalue weighted by atomic mass is 35.5. The number of carbonyl (C=O) groups is 1. The van der Waals surface area contributed by atoms with E-state index in [4.69, 9.17) is 16.1 Å². The van der Waals surface area contributed by atoms with Crippen LogP contribution in [0.3, 0.4) is 0 Å². The molecule has 0 aliphatic rings. The summed E-state index contributed by atoms with van der Waals surface area (Å²) in [4.78, 5) is 17.3. The van der Waals surface area contributed by atoms with E-state index in [1.54, 1.807) is 31.6 Å². The number of rotatable bonds is 7. The Morgan fingerprint density at radius 1 is 1.03 bits per heavy atom. The molecule has 1 N–H and O–H groups in total. The van der Waals surface area contributed by atoms with Crippen LogP contribution in [0.4, 0.5) is 0 Å². The first kappa shape index (κ1) is 22.6. The van der Waals surface area contributed by atoms with Gasteiger partial charge < -0.3 is 14.4 Å². The number of nitrogens with one attached hydrogen (secondary N) is 1. The summed E-state index contributed by atoms with van der Waals surface area (Å²) in [6.45, 7) is 2.87. The predicted molar refractivity (Wildman–Crippen MR) is 136 cm³/mol. The molecule has 174 valence electrons. The lowest BCUT2D eigenvalue weighted by molar-refractivity contribution is 0.0950. The van der Waals surface area contributed by atoms with E-state index < -0.39 is 0 Å². The fourth-order valence-electron chi connectivity index (χ4n) is 4.07. The molecule has 35 heavy (non-hydrogen) atoms. The second kappa shape index (κ2) is 9.99. The molecule has 0 aliphatic carbocycles. The van der Waals surface area contributed by atoms with Crippen molar-refractivity contribution in [2.75, 3.05) is 0 Å². The highest BCUT2D eigenvalue weighted by Gasteiger charge is 2.22. The molecule has 0 unspecified atom stereocenters. The van der Waals surface area contributed by atoms with Crippen LogP contribution >= 0.6 is 11.6 Å². The molecule has 1 amide bonds. The van der Waals surface area contributed by atoms with Gasteiger partial charge in [0.2, 0.25) is 0 Å². The smallest absolute Gasteiger partial charge is 0.257 e. The standard InChI is InChI=1S/C28H23ClN4O2/c1-19-26(27(32-35-19)22-6-4-7-24(29)15-22)28(34)31-16-23-5-2-3-8-25(23)21-11-9-20(10-12-21)17-33-14-13-30-18-33/h2-15,18H,16-17H2,1H3,(H,31,34). The van der Waals surface area contributed by atoms with E-state index in [1.807, 2.05) is 41.1 Å². The molecule has 0 saturated carbocycles. The number of amides is 1. The van der Waals surface area contributed by atoms with Gasteiger partial charge in [0.1, 0.15) is 17.0 Å². The van der Waals surface area contributed by atoms with Crippen LogP contribution in [0.15, 0.2) is 96.0 Å². The average Bonchev–Trinajstić information content (AvgIpc) is 3.53. The Kier molecular flexibility index (Phi) is 6.46. The van der Waals surface area contributed by atoms with E-state index in [-0.39, 0.29) is 5.91 Å². The number of aromatic nitrogens is 3. The van der Waals surface area contributed by atoms with E-state index in [2.05, 4.69) is 45.8 Å². The molecular formula is C28H23ClN4O2. The molecule has 2 aromatic heterocycles. The number of benzene rings is 3. The summed E-state index contributed by atoms with van der Waals surface area (Å²) in [6.07, 6.45) is 5.53. The van der Waals surface area contributed by atoms with Gasteiger partial charge in [-0.1, -0.05) is 77.4 Å². The van der Waals surface area contributed by atoms with Crippen LogP contribution in [0.2, 0.25) is 5.02 Å². The highest BCUT2D eigenvalue weighted by Crippen LogP contribution is 2.28. The summed E-state index contributed by atoms with van der Waals surface area (Å²) >= 11 is 6.13. The third-order valence-electron chi connectivity index (χ3n) is 5.83. The van der Waals surface area contributed by atoms with Crippen LogP contribution in [-0.4, -0.2) is 20.6 Å². The average molecular weight is 483 g/mol. The predicted octanol–water partition coefficient (Wildman–Crippen LogP) is 6.15. The third-order valence-corrected chi connectivity index (χ3v) is 6.07. The second-order valence-electron chi connectivity index (χ2n) is 8.24. The zero-order chi connectivity index (χ0) is 24.2. The van der Waals surface area contributed by atoms with Gasteiger partial charge in [-0.05, 0) is 41.3 Å². The quantitative estimate of drug-likeness (QED) is 0.302. The number of hydrogen-bond acceptors (Lipinski definition) is 4. The molecule has 6 nitrogen and oxygen atoms in total. The van der Waals surface area contributed by atoms with E-state index in [0.717, 1.165) is 28.8 Å². The summed E-state index contributed by atoms with van der Waals surface area (Å²) in [5.41, 5.74) is 5.98. The lowest BCUT2D eigenvalue weighted by Gasteiger charge is -2.12. The van der Waals surface area contributed by atoms with Crippen LogP contribution in [0, 0.1) is 6.92 Å². The van der Waals surface area contributed by atoms with Crippen molar-refractivity contribution in [1.82, 2.24) is 20.0 Å². The molecule has 7 heteroatoms. The van der Waals surface area contributed by atoms with Crippen molar-refractivity contribution in [2.24, 2.45) is 0 Å². The molecule has 0 bridgehead atoms. The minimum Gasteiger partial charge on any atom is -0.360 e. The number of aryl methyl sites for hydroxylation is 1. The Hall–Kier alpha value is -4.16. The SMILES string of the molecule is Cc1onc(-c2cccc(Cl)c2)c1C(=O)NCc1ccccc1-c1ccc(Cn2ccnc2)cc1. The molecule has 0 aliphatic heterocycles. The van der Waals surface area contributed by atoms with Crippen molar-refractivity contribution < 1.29 is 9.32 Å². The van der Waals surface area contributed by atoms with Gasteiger partial charge in [-0.3, -0.25) is 4.79 Å². The summed E-state index contributed by atoms with van der Waals surface area (Å²) in [5, 5.41) is 7.71. The summed E-state index contributed by atoms with van der Waals surface area (Å²) in [7, 11) is 0. The minimum atomic E-state index is -0.246. The molecule has 0 spiro atoms. The highest BCUT2D eigenvalue weighted by molar-refractivity contribution is 6.30. The van der Waals surface area contributed by atoms with Crippen molar-refractivity contribution in [3.8, 4) is 22.4 Å². The van der Waals surface area contributed by atoms with E-state index >= 15 is 0 Å². The van der Waals surface area contributed by atoms with Gasteiger partial charge in [0.15, 0.2) is 0 Å². The first-order valence-corrected chi connectivity index (χ1v) is 11.6. The van der Waals surface area contributed by atoms with Crippen LogP contribution < -0.4 is 5.32 Å². The van der Waals surface area contributed by atoms with Crippen LogP contribution in [-0.2, 0) is 13.1 Å². The molecule has 0 fully saturated rings. The fourth-order valence-corrected chi connectivity index (χ4v) is 4.26. The van der Waals surface area contributed by atoms with Crippen LogP contribution in [0.1, 0.15) is 27.2 Å². The maximum atomic E-state index is 13.2. The lowest BCUT2D eigenvalue weighted by atomic mass is 9.98. The van der Waals surface area contributed by atoms with Crippen molar-refractivity contribution in [3.05, 3.63) is 119 Å². The van der Waals surface area contributed by atoms with Gasteiger partial charge in [0, 0.05) is 36.1 Å². The van der Waals surface area contributed by atoms with Crippen molar-refractivity contribution >= 4 is 17.5 Å². The molecular weight excluding hydrogens is 460 g/mol. The molecule has 3 aromatic carbocycles. The molecule has 2 heterocycles. The zero-order valence-electron chi connectivity index (χ0n) is 19.1. The Morgan fingerprint density at radius 2 is 1.86 bits per heavy atom. The Morgan fingerprint density at radius 3 is 2.63 bits per heavy atom. The Balaban J connectivity index is 1.34. The van der Waals surface area contributed by atoms with Gasteiger partial charge in [-0.15, -0.1) is 0 Å². The number of halogens is 1. The topological polar surface area (TPSA) is 73.0 Å². The first-order valence-electron chi connectivity index (χ1n) is 11.2. The van der Waals surface area contributed by atoms with Gasteiger partial charge >= 0.3 is 0 Å². The molecule has 5 aromatic rings. The lowest BCUT2D eigenvalue weighted by Crippen LogP contribution is -2.24. The molecule has 0 radical (unpaired) electrons. The van der Waals surface area contributed by atoms with Crippen molar-refractivity contribution in [1.29, 1.82) is 0 Å². The summed E-state index contributed by atoms with van der Waals surface area (Å²) in [5.74, 6) is 0.212. The maximum Gasteiger partial charge on any atom is 0.257 e. The molecule has 0 atom stereocenters. The summed E-state index contributed by atoms with van der Waals surface area (Å²) < 4.78 is 7.38. The number of hydrogen-bond donors (Lipinski definition) is 1. The molecule has 0 saturated heterocycles. The fraction of sp³-hybridized carbons (Fsp3) is 0.107. The second-order valence-corrected chi connectivity index (χ2v) is 8.68. The minimum absolute atomic E-state index is 0.246. The van der Waals surface area contributed by atoms with E-state index in [0.29, 0.717) is 28.6 Å². The maximum absolute atomic E-state index is 13.2. The van der Waals surface area contributed by atoms with Gasteiger partial charge in [0.25, 0.3) is 5.91 Å². The van der Waals surface area contributed by atoms with E-state index in [9.17, 15) is 4.79 Å². The third kappa shape index (κ3) is 5.03.